The summed E-state index contributed by atoms with van der Waals surface area (Å²) in [5, 5.41) is 7.83. The van der Waals surface area contributed by atoms with Gasteiger partial charge in [0, 0.05) is 78.2 Å². The third kappa shape index (κ3) is 6.90. The molecule has 4 rings (SSSR count). The van der Waals surface area contributed by atoms with Crippen LogP contribution in [0, 0.1) is 0 Å². The lowest BCUT2D eigenvalue weighted by Crippen LogP contribution is -2.51. The molecule has 0 aliphatic carbocycles. The highest BCUT2D eigenvalue weighted by molar-refractivity contribution is 14.0. The maximum Gasteiger partial charge on any atom is 0.193 e. The molecule has 0 bridgehead atoms. The molecule has 8 nitrogen and oxygen atoms in total. The van der Waals surface area contributed by atoms with Crippen LogP contribution >= 0.6 is 24.0 Å². The van der Waals surface area contributed by atoms with Gasteiger partial charge in [-0.25, -0.2) is 0 Å². The molecule has 2 fully saturated rings. The van der Waals surface area contributed by atoms with Gasteiger partial charge in [0.2, 0.25) is 0 Å². The Morgan fingerprint density at radius 2 is 1.88 bits per heavy atom. The maximum absolute atomic E-state index is 5.96. The van der Waals surface area contributed by atoms with Crippen molar-refractivity contribution in [3.8, 4) is 0 Å². The van der Waals surface area contributed by atoms with Crippen LogP contribution in [0.15, 0.2) is 47.7 Å². The lowest BCUT2D eigenvalue weighted by Gasteiger charge is -2.36. The van der Waals surface area contributed by atoms with Gasteiger partial charge in [0.25, 0.3) is 0 Å². The van der Waals surface area contributed by atoms with Crippen molar-refractivity contribution in [2.45, 2.75) is 12.6 Å². The average Bonchev–Trinajstić information content (AvgIpc) is 3.25. The van der Waals surface area contributed by atoms with E-state index in [4.69, 9.17) is 4.74 Å². The Balaban J connectivity index is 0.00000289. The first-order valence-electron chi connectivity index (χ1n) is 11.3. The van der Waals surface area contributed by atoms with Gasteiger partial charge in [0.1, 0.15) is 6.10 Å². The highest BCUT2D eigenvalue weighted by Gasteiger charge is 2.25. The van der Waals surface area contributed by atoms with Gasteiger partial charge in [-0.05, 0) is 5.56 Å². The minimum atomic E-state index is 0. The largest absolute Gasteiger partial charge is 0.370 e. The van der Waals surface area contributed by atoms with Crippen LogP contribution in [0.4, 0.5) is 0 Å². The lowest BCUT2D eigenvalue weighted by molar-refractivity contribution is -0.00807. The van der Waals surface area contributed by atoms with Crippen molar-refractivity contribution in [3.63, 3.8) is 0 Å². The fraction of sp³-hybridized carbons (Fsp3) is 0.565. The quantitative estimate of drug-likeness (QED) is 0.335. The number of halogens is 1. The van der Waals surface area contributed by atoms with E-state index in [0.717, 1.165) is 70.4 Å². The molecule has 2 aliphatic heterocycles. The Morgan fingerprint density at radius 1 is 1.12 bits per heavy atom. The molecule has 1 N–H and O–H groups in total. The molecule has 1 atom stereocenters. The van der Waals surface area contributed by atoms with Crippen molar-refractivity contribution in [3.05, 3.63) is 53.9 Å². The second kappa shape index (κ2) is 12.5. The van der Waals surface area contributed by atoms with E-state index in [1.165, 1.54) is 5.56 Å². The Labute approximate surface area is 208 Å². The van der Waals surface area contributed by atoms with Gasteiger partial charge in [-0.2, -0.15) is 5.10 Å². The van der Waals surface area contributed by atoms with Crippen LogP contribution < -0.4 is 5.32 Å². The molecule has 1 aromatic heterocycles. The number of ether oxygens (including phenoxy) is 1. The molecule has 2 aliphatic rings. The number of piperazine rings is 1. The number of aliphatic imine (C=N–C) groups is 1. The molecule has 0 amide bonds. The van der Waals surface area contributed by atoms with Crippen molar-refractivity contribution >= 4 is 29.9 Å². The Morgan fingerprint density at radius 3 is 2.56 bits per heavy atom. The monoisotopic (exact) mass is 553 g/mol. The van der Waals surface area contributed by atoms with Crippen LogP contribution in [-0.2, 0) is 18.3 Å². The molecule has 0 spiro atoms. The van der Waals surface area contributed by atoms with Gasteiger partial charge in [0.05, 0.1) is 19.3 Å². The number of hydrogen-bond acceptors (Lipinski definition) is 5. The zero-order chi connectivity index (χ0) is 21.5. The summed E-state index contributed by atoms with van der Waals surface area (Å²) in [6.07, 6.45) is 3.96. The fourth-order valence-corrected chi connectivity index (χ4v) is 4.32. The van der Waals surface area contributed by atoms with E-state index < -0.39 is 0 Å². The zero-order valence-corrected chi connectivity index (χ0v) is 21.5. The SMILES string of the molecule is CN=C(NCCN1CCN(Cc2ccccc2)CC1)N1CCOC(c2cnn(C)c2)C1.I. The summed E-state index contributed by atoms with van der Waals surface area (Å²) in [4.78, 5) is 11.9. The number of rotatable bonds is 6. The normalized spacial score (nSPS) is 20.8. The van der Waals surface area contributed by atoms with Crippen molar-refractivity contribution in [1.29, 1.82) is 0 Å². The van der Waals surface area contributed by atoms with Gasteiger partial charge in [-0.1, -0.05) is 30.3 Å². The van der Waals surface area contributed by atoms with E-state index in [1.807, 2.05) is 31.2 Å². The van der Waals surface area contributed by atoms with Gasteiger partial charge in [-0.3, -0.25) is 19.5 Å². The topological polar surface area (TPSA) is 61.2 Å². The number of aryl methyl sites for hydroxylation is 1. The number of guanidine groups is 1. The minimum Gasteiger partial charge on any atom is -0.370 e. The average molecular weight is 553 g/mol. The predicted octanol–water partition coefficient (Wildman–Crippen LogP) is 1.80. The first kappa shape index (κ1) is 24.9. The number of benzene rings is 1. The predicted molar refractivity (Wildman–Crippen MR) is 138 cm³/mol. The zero-order valence-electron chi connectivity index (χ0n) is 19.2. The molecule has 32 heavy (non-hydrogen) atoms. The maximum atomic E-state index is 5.96. The summed E-state index contributed by atoms with van der Waals surface area (Å²) >= 11 is 0. The Hall–Kier alpha value is -1.69. The van der Waals surface area contributed by atoms with E-state index in [-0.39, 0.29) is 30.1 Å². The molecule has 9 heteroatoms. The van der Waals surface area contributed by atoms with Crippen LogP contribution in [-0.4, -0.2) is 96.5 Å². The van der Waals surface area contributed by atoms with E-state index in [0.29, 0.717) is 6.61 Å². The number of hydrogen-bond donors (Lipinski definition) is 1. The third-order valence-electron chi connectivity index (χ3n) is 6.10. The summed E-state index contributed by atoms with van der Waals surface area (Å²) < 4.78 is 7.79. The first-order chi connectivity index (χ1) is 15.2. The molecule has 0 radical (unpaired) electrons. The van der Waals surface area contributed by atoms with E-state index >= 15 is 0 Å². The van der Waals surface area contributed by atoms with Gasteiger partial charge in [-0.15, -0.1) is 24.0 Å². The van der Waals surface area contributed by atoms with Crippen LogP contribution in [0.25, 0.3) is 0 Å². The number of aromatic nitrogens is 2. The van der Waals surface area contributed by atoms with Crippen molar-refractivity contribution in [2.75, 3.05) is 66.0 Å². The van der Waals surface area contributed by atoms with Gasteiger partial charge < -0.3 is 15.0 Å². The highest BCUT2D eigenvalue weighted by Crippen LogP contribution is 2.21. The number of nitrogens with one attached hydrogen (secondary N) is 1. The van der Waals surface area contributed by atoms with Gasteiger partial charge in [0.15, 0.2) is 5.96 Å². The van der Waals surface area contributed by atoms with E-state index in [9.17, 15) is 0 Å². The van der Waals surface area contributed by atoms with Crippen LogP contribution in [0.5, 0.6) is 0 Å². The molecule has 2 aromatic rings. The van der Waals surface area contributed by atoms with Crippen LogP contribution in [0.1, 0.15) is 17.2 Å². The van der Waals surface area contributed by atoms with Crippen molar-refractivity contribution < 1.29 is 4.74 Å². The molecular weight excluding hydrogens is 517 g/mol. The standard InChI is InChI=1S/C23H35N7O.HI/c1-24-23(30-14-15-31-22(19-30)21-16-26-27(2)18-21)25-8-9-28-10-12-29(13-11-28)17-20-6-4-3-5-7-20;/h3-7,16,18,22H,8-15,17,19H2,1-2H3,(H,24,25);1H. The number of nitrogens with zero attached hydrogens (tertiary/aromatic N) is 6. The summed E-state index contributed by atoms with van der Waals surface area (Å²) in [7, 11) is 3.80. The summed E-state index contributed by atoms with van der Waals surface area (Å²) in [5.41, 5.74) is 2.52. The van der Waals surface area contributed by atoms with E-state index in [1.54, 1.807) is 0 Å². The van der Waals surface area contributed by atoms with Crippen molar-refractivity contribution in [1.82, 2.24) is 29.8 Å². The lowest BCUT2D eigenvalue weighted by atomic mass is 10.1. The van der Waals surface area contributed by atoms with Crippen LogP contribution in [0.3, 0.4) is 0 Å². The van der Waals surface area contributed by atoms with Crippen molar-refractivity contribution in [2.24, 2.45) is 12.0 Å². The molecule has 3 heterocycles. The third-order valence-corrected chi connectivity index (χ3v) is 6.10. The Bertz CT molecular complexity index is 836. The fourth-order valence-electron chi connectivity index (χ4n) is 4.32. The highest BCUT2D eigenvalue weighted by atomic mass is 127. The van der Waals surface area contributed by atoms with Gasteiger partial charge >= 0.3 is 0 Å². The molecule has 1 unspecified atom stereocenters. The molecule has 0 saturated carbocycles. The first-order valence-corrected chi connectivity index (χ1v) is 11.3. The molecule has 176 valence electrons. The summed E-state index contributed by atoms with van der Waals surface area (Å²) in [6.45, 7) is 9.83. The summed E-state index contributed by atoms with van der Waals surface area (Å²) in [5.74, 6) is 0.958. The Kier molecular flexibility index (Phi) is 9.76. The molecule has 1 aromatic carbocycles. The van der Waals surface area contributed by atoms with E-state index in [2.05, 4.69) is 60.4 Å². The molecule has 2 saturated heterocycles. The number of morpholine rings is 1. The second-order valence-electron chi connectivity index (χ2n) is 8.33. The minimum absolute atomic E-state index is 0. The summed E-state index contributed by atoms with van der Waals surface area (Å²) in [6, 6.07) is 10.8. The molecular formula is C23H36IN7O. The van der Waals surface area contributed by atoms with Crippen LogP contribution in [0.2, 0.25) is 0 Å². The second-order valence-corrected chi connectivity index (χ2v) is 8.33. The smallest absolute Gasteiger partial charge is 0.193 e.